The van der Waals surface area contributed by atoms with Gasteiger partial charge in [0.25, 0.3) is 0 Å². The molecule has 0 spiro atoms. The Balaban J connectivity index is 1.95. The minimum Gasteiger partial charge on any atom is -0.305 e. The molecule has 0 aliphatic carbocycles. The van der Waals surface area contributed by atoms with E-state index in [-0.39, 0.29) is 0 Å². The average Bonchev–Trinajstić information content (AvgIpc) is 2.89. The van der Waals surface area contributed by atoms with Crippen LogP contribution in [0.4, 0.5) is 0 Å². The number of hydrogen-bond acceptors (Lipinski definition) is 2. The van der Waals surface area contributed by atoms with Gasteiger partial charge in [0.2, 0.25) is 0 Å². The molecule has 2 aromatic rings. The van der Waals surface area contributed by atoms with Gasteiger partial charge in [-0.15, -0.1) is 11.3 Å². The van der Waals surface area contributed by atoms with Gasteiger partial charge >= 0.3 is 0 Å². The fourth-order valence-corrected chi connectivity index (χ4v) is 3.32. The van der Waals surface area contributed by atoms with Gasteiger partial charge in [-0.2, -0.15) is 0 Å². The summed E-state index contributed by atoms with van der Waals surface area (Å²) in [6, 6.07) is 15.8. The molecule has 1 atom stereocenters. The van der Waals surface area contributed by atoms with Crippen molar-refractivity contribution in [2.75, 3.05) is 0 Å². The summed E-state index contributed by atoms with van der Waals surface area (Å²) in [5.41, 5.74) is 1.41. The summed E-state index contributed by atoms with van der Waals surface area (Å²) < 4.78 is 0. The van der Waals surface area contributed by atoms with Crippen molar-refractivity contribution in [3.8, 4) is 0 Å². The second-order valence-electron chi connectivity index (χ2n) is 5.35. The van der Waals surface area contributed by atoms with E-state index in [0.717, 1.165) is 6.54 Å². The fourth-order valence-electron chi connectivity index (χ4n) is 2.47. The molecule has 1 unspecified atom stereocenters. The highest BCUT2D eigenvalue weighted by atomic mass is 32.1. The predicted molar refractivity (Wildman–Crippen MR) is 89.2 cm³/mol. The highest BCUT2D eigenvalue weighted by Gasteiger charge is 2.10. The molecule has 2 heteroatoms. The van der Waals surface area contributed by atoms with Crippen LogP contribution in [-0.4, -0.2) is 0 Å². The maximum atomic E-state index is 3.73. The average molecular weight is 287 g/mol. The van der Waals surface area contributed by atoms with Gasteiger partial charge < -0.3 is 5.32 Å². The highest BCUT2D eigenvalue weighted by Crippen LogP contribution is 2.22. The van der Waals surface area contributed by atoms with E-state index in [1.807, 2.05) is 11.3 Å². The van der Waals surface area contributed by atoms with Crippen molar-refractivity contribution in [1.82, 2.24) is 5.32 Å². The number of benzene rings is 1. The Kier molecular flexibility index (Phi) is 6.28. The third kappa shape index (κ3) is 4.77. The van der Waals surface area contributed by atoms with Crippen LogP contribution in [0.3, 0.4) is 0 Å². The smallest absolute Gasteiger partial charge is 0.0323 e. The second kappa shape index (κ2) is 8.23. The lowest BCUT2D eigenvalue weighted by Gasteiger charge is -2.19. The first-order valence-electron chi connectivity index (χ1n) is 7.63. The van der Waals surface area contributed by atoms with Crippen LogP contribution in [-0.2, 0) is 6.54 Å². The molecule has 1 aromatic heterocycles. The number of rotatable bonds is 8. The van der Waals surface area contributed by atoms with Gasteiger partial charge in [0, 0.05) is 22.3 Å². The second-order valence-corrected chi connectivity index (χ2v) is 6.72. The molecule has 1 nitrogen and oxygen atoms in total. The maximum absolute atomic E-state index is 3.73. The largest absolute Gasteiger partial charge is 0.305 e. The number of aryl methyl sites for hydroxylation is 1. The van der Waals surface area contributed by atoms with Crippen LogP contribution in [0.25, 0.3) is 0 Å². The van der Waals surface area contributed by atoms with E-state index in [4.69, 9.17) is 0 Å². The van der Waals surface area contributed by atoms with E-state index in [9.17, 15) is 0 Å². The molecule has 0 bridgehead atoms. The lowest BCUT2D eigenvalue weighted by molar-refractivity contribution is 0.475. The lowest BCUT2D eigenvalue weighted by Crippen LogP contribution is -2.20. The third-order valence-electron chi connectivity index (χ3n) is 3.62. The van der Waals surface area contributed by atoms with Crippen molar-refractivity contribution in [3.63, 3.8) is 0 Å². The summed E-state index contributed by atoms with van der Waals surface area (Å²) in [5, 5.41) is 3.73. The van der Waals surface area contributed by atoms with Gasteiger partial charge in [0.1, 0.15) is 0 Å². The van der Waals surface area contributed by atoms with Crippen LogP contribution >= 0.6 is 11.3 Å². The molecular formula is C18H25NS. The molecule has 20 heavy (non-hydrogen) atoms. The van der Waals surface area contributed by atoms with E-state index >= 15 is 0 Å². The van der Waals surface area contributed by atoms with Crippen LogP contribution < -0.4 is 5.32 Å². The maximum Gasteiger partial charge on any atom is 0.0323 e. The van der Waals surface area contributed by atoms with Crippen LogP contribution in [0.5, 0.6) is 0 Å². The van der Waals surface area contributed by atoms with Gasteiger partial charge in [-0.3, -0.25) is 0 Å². The molecule has 1 heterocycles. The van der Waals surface area contributed by atoms with Crippen molar-refractivity contribution in [1.29, 1.82) is 0 Å². The third-order valence-corrected chi connectivity index (χ3v) is 4.62. The molecule has 1 N–H and O–H groups in total. The van der Waals surface area contributed by atoms with E-state index in [1.54, 1.807) is 0 Å². The first-order chi connectivity index (χ1) is 9.79. The molecule has 0 amide bonds. The summed E-state index contributed by atoms with van der Waals surface area (Å²) in [4.78, 5) is 2.82. The first kappa shape index (κ1) is 15.3. The van der Waals surface area contributed by atoms with Crippen molar-refractivity contribution in [2.24, 2.45) is 0 Å². The van der Waals surface area contributed by atoms with Crippen molar-refractivity contribution in [2.45, 2.75) is 52.1 Å². The van der Waals surface area contributed by atoms with Gasteiger partial charge in [0.05, 0.1) is 0 Å². The Morgan fingerprint density at radius 3 is 2.50 bits per heavy atom. The fraction of sp³-hybridized carbons (Fsp3) is 0.444. The van der Waals surface area contributed by atoms with E-state index in [2.05, 4.69) is 61.6 Å². The SMILES string of the molecule is CCCCCC(NCc1ccc(C)s1)c1ccccc1. The normalized spacial score (nSPS) is 12.5. The molecule has 0 aliphatic heterocycles. The summed E-state index contributed by atoms with van der Waals surface area (Å²) in [7, 11) is 0. The van der Waals surface area contributed by atoms with E-state index in [0.29, 0.717) is 6.04 Å². The number of hydrogen-bond donors (Lipinski definition) is 1. The van der Waals surface area contributed by atoms with Crippen LogP contribution in [0, 0.1) is 6.92 Å². The molecule has 108 valence electrons. The summed E-state index contributed by atoms with van der Waals surface area (Å²) >= 11 is 1.89. The molecule has 0 saturated heterocycles. The zero-order valence-corrected chi connectivity index (χ0v) is 13.4. The summed E-state index contributed by atoms with van der Waals surface area (Å²) in [6.45, 7) is 5.41. The predicted octanol–water partition coefficient (Wildman–Crippen LogP) is 5.47. The minimum absolute atomic E-state index is 0.477. The molecule has 0 saturated carbocycles. The van der Waals surface area contributed by atoms with Crippen molar-refractivity contribution < 1.29 is 0 Å². The van der Waals surface area contributed by atoms with Crippen LogP contribution in [0.2, 0.25) is 0 Å². The number of thiophene rings is 1. The lowest BCUT2D eigenvalue weighted by atomic mass is 10.0. The minimum atomic E-state index is 0.477. The summed E-state index contributed by atoms with van der Waals surface area (Å²) in [6.07, 6.45) is 5.13. The van der Waals surface area contributed by atoms with E-state index < -0.39 is 0 Å². The summed E-state index contributed by atoms with van der Waals surface area (Å²) in [5.74, 6) is 0. The number of nitrogens with one attached hydrogen (secondary N) is 1. The van der Waals surface area contributed by atoms with Crippen LogP contribution in [0.15, 0.2) is 42.5 Å². The zero-order valence-electron chi connectivity index (χ0n) is 12.6. The van der Waals surface area contributed by atoms with Crippen molar-refractivity contribution >= 4 is 11.3 Å². The van der Waals surface area contributed by atoms with Gasteiger partial charge in [0.15, 0.2) is 0 Å². The molecule has 2 rings (SSSR count). The van der Waals surface area contributed by atoms with Gasteiger partial charge in [-0.1, -0.05) is 56.5 Å². The monoisotopic (exact) mass is 287 g/mol. The highest BCUT2D eigenvalue weighted by molar-refractivity contribution is 7.11. The van der Waals surface area contributed by atoms with Gasteiger partial charge in [-0.25, -0.2) is 0 Å². The van der Waals surface area contributed by atoms with Crippen LogP contribution in [0.1, 0.15) is 54.0 Å². The Hall–Kier alpha value is -1.12. The van der Waals surface area contributed by atoms with Gasteiger partial charge in [-0.05, 0) is 31.0 Å². The molecule has 0 fully saturated rings. The standard InChI is InChI=1S/C18H25NS/c1-3-4-6-11-18(16-9-7-5-8-10-16)19-14-17-13-12-15(2)20-17/h5,7-10,12-13,18-19H,3-4,6,11,14H2,1-2H3. The Morgan fingerprint density at radius 2 is 1.85 bits per heavy atom. The molecular weight excluding hydrogens is 262 g/mol. The van der Waals surface area contributed by atoms with Crippen molar-refractivity contribution in [3.05, 3.63) is 57.8 Å². The number of unbranched alkanes of at least 4 members (excludes halogenated alkanes) is 2. The zero-order chi connectivity index (χ0) is 14.2. The quantitative estimate of drug-likeness (QED) is 0.635. The Bertz CT molecular complexity index is 489. The Labute approximate surface area is 127 Å². The Morgan fingerprint density at radius 1 is 1.05 bits per heavy atom. The topological polar surface area (TPSA) is 12.0 Å². The molecule has 0 aliphatic rings. The van der Waals surface area contributed by atoms with E-state index in [1.165, 1.54) is 41.0 Å². The molecule has 0 radical (unpaired) electrons. The first-order valence-corrected chi connectivity index (χ1v) is 8.45. The molecule has 1 aromatic carbocycles.